The van der Waals surface area contributed by atoms with Crippen LogP contribution in [0.2, 0.25) is 0 Å². The first-order valence-corrected chi connectivity index (χ1v) is 9.75. The van der Waals surface area contributed by atoms with Crippen LogP contribution in [0, 0.1) is 15.9 Å². The third kappa shape index (κ3) is 5.96. The molecular formula is C24H25FN2O4. The molecule has 3 aromatic carbocycles. The second-order valence-corrected chi connectivity index (χ2v) is 6.86. The zero-order chi connectivity index (χ0) is 23.0. The van der Waals surface area contributed by atoms with Gasteiger partial charge in [-0.2, -0.15) is 0 Å². The Labute approximate surface area is 180 Å². The van der Waals surface area contributed by atoms with Crippen molar-refractivity contribution in [3.05, 3.63) is 105 Å². The summed E-state index contributed by atoms with van der Waals surface area (Å²) in [5.74, 6) is -0.575. The van der Waals surface area contributed by atoms with Crippen LogP contribution in [0.1, 0.15) is 40.9 Å². The summed E-state index contributed by atoms with van der Waals surface area (Å²) in [6, 6.07) is 17.2. The number of hydrogen-bond acceptors (Lipinski definition) is 5. The predicted molar refractivity (Wildman–Crippen MR) is 118 cm³/mol. The molecule has 31 heavy (non-hydrogen) atoms. The minimum absolute atomic E-state index is 0.0658. The standard InChI is InChI=1S/C23H20FNO4.CH5N/c1-15(2)29-23-20(14-16-8-10-18(24)11-9-16)19(12-13-21(23)25(27)28)22(26)17-6-4-3-5-7-17;1-2/h3-13,15H,14H2,1-2H3;2H2,1H3. The molecule has 0 aliphatic heterocycles. The van der Waals surface area contributed by atoms with E-state index in [1.807, 2.05) is 0 Å². The van der Waals surface area contributed by atoms with Gasteiger partial charge in [0.2, 0.25) is 5.75 Å². The Morgan fingerprint density at radius 1 is 1.03 bits per heavy atom. The van der Waals surface area contributed by atoms with Gasteiger partial charge in [0.15, 0.2) is 5.78 Å². The Balaban J connectivity index is 0.00000166. The lowest BCUT2D eigenvalue weighted by Crippen LogP contribution is -2.14. The summed E-state index contributed by atoms with van der Waals surface area (Å²) in [7, 11) is 1.50. The van der Waals surface area contributed by atoms with Gasteiger partial charge in [-0.15, -0.1) is 0 Å². The zero-order valence-corrected chi connectivity index (χ0v) is 17.7. The largest absolute Gasteiger partial charge is 0.484 e. The van der Waals surface area contributed by atoms with Crippen molar-refractivity contribution in [2.75, 3.05) is 7.05 Å². The Kier molecular flexibility index (Phi) is 8.40. The van der Waals surface area contributed by atoms with Crippen LogP contribution >= 0.6 is 0 Å². The van der Waals surface area contributed by atoms with Crippen LogP contribution in [0.5, 0.6) is 5.75 Å². The molecule has 0 aliphatic rings. The van der Waals surface area contributed by atoms with Gasteiger partial charge in [0, 0.05) is 29.2 Å². The number of halogens is 1. The summed E-state index contributed by atoms with van der Waals surface area (Å²) in [6.45, 7) is 3.52. The van der Waals surface area contributed by atoms with E-state index in [4.69, 9.17) is 4.74 Å². The Bertz CT molecular complexity index is 1040. The molecule has 3 aromatic rings. The molecule has 0 fully saturated rings. The van der Waals surface area contributed by atoms with Crippen molar-refractivity contribution in [3.63, 3.8) is 0 Å². The molecule has 0 atom stereocenters. The lowest BCUT2D eigenvalue weighted by Gasteiger charge is -2.18. The summed E-state index contributed by atoms with van der Waals surface area (Å²) in [4.78, 5) is 24.2. The zero-order valence-electron chi connectivity index (χ0n) is 17.7. The van der Waals surface area contributed by atoms with Crippen molar-refractivity contribution in [2.45, 2.75) is 26.4 Å². The number of nitro groups is 1. The van der Waals surface area contributed by atoms with E-state index in [-0.39, 0.29) is 35.6 Å². The minimum atomic E-state index is -0.525. The maximum absolute atomic E-state index is 13.3. The minimum Gasteiger partial charge on any atom is -0.484 e. The lowest BCUT2D eigenvalue weighted by atomic mass is 9.92. The molecular weight excluding hydrogens is 399 g/mol. The molecule has 0 spiro atoms. The Morgan fingerprint density at radius 3 is 2.19 bits per heavy atom. The van der Waals surface area contributed by atoms with E-state index in [1.54, 1.807) is 56.3 Å². The number of nitrogens with zero attached hydrogens (tertiary/aromatic N) is 1. The van der Waals surface area contributed by atoms with E-state index < -0.39 is 4.92 Å². The summed E-state index contributed by atoms with van der Waals surface area (Å²) >= 11 is 0. The number of carbonyl (C=O) groups is 1. The maximum Gasteiger partial charge on any atom is 0.311 e. The number of benzene rings is 3. The molecule has 3 rings (SSSR count). The van der Waals surface area contributed by atoms with E-state index in [1.165, 1.54) is 31.3 Å². The van der Waals surface area contributed by atoms with Crippen molar-refractivity contribution in [2.24, 2.45) is 5.73 Å². The molecule has 0 bridgehead atoms. The highest BCUT2D eigenvalue weighted by Crippen LogP contribution is 2.37. The second-order valence-electron chi connectivity index (χ2n) is 6.86. The molecule has 6 nitrogen and oxygen atoms in total. The normalized spacial score (nSPS) is 10.3. The van der Waals surface area contributed by atoms with Crippen molar-refractivity contribution < 1.29 is 18.8 Å². The van der Waals surface area contributed by atoms with Crippen LogP contribution in [-0.4, -0.2) is 23.9 Å². The van der Waals surface area contributed by atoms with Crippen LogP contribution in [0.15, 0.2) is 66.7 Å². The fourth-order valence-electron chi connectivity index (χ4n) is 3.07. The highest BCUT2D eigenvalue weighted by Gasteiger charge is 2.26. The molecule has 162 valence electrons. The molecule has 7 heteroatoms. The molecule has 0 saturated heterocycles. The fraction of sp³-hybridized carbons (Fsp3) is 0.208. The summed E-state index contributed by atoms with van der Waals surface area (Å²) in [6.07, 6.45) is -0.138. The van der Waals surface area contributed by atoms with Crippen molar-refractivity contribution >= 4 is 11.5 Å². The van der Waals surface area contributed by atoms with Crippen molar-refractivity contribution in [3.8, 4) is 5.75 Å². The number of hydrogen-bond donors (Lipinski definition) is 1. The predicted octanol–water partition coefficient (Wildman–Crippen LogP) is 4.92. The quantitative estimate of drug-likeness (QED) is 0.330. The molecule has 0 radical (unpaired) electrons. The molecule has 2 N–H and O–H groups in total. The monoisotopic (exact) mass is 424 g/mol. The summed E-state index contributed by atoms with van der Waals surface area (Å²) in [5.41, 5.74) is 6.20. The van der Waals surface area contributed by atoms with Gasteiger partial charge in [0.05, 0.1) is 11.0 Å². The number of rotatable bonds is 7. The van der Waals surface area contributed by atoms with Gasteiger partial charge in [-0.3, -0.25) is 14.9 Å². The van der Waals surface area contributed by atoms with Crippen LogP contribution in [0.25, 0.3) is 0 Å². The number of carbonyl (C=O) groups excluding carboxylic acids is 1. The van der Waals surface area contributed by atoms with Crippen molar-refractivity contribution in [1.29, 1.82) is 0 Å². The van der Waals surface area contributed by atoms with E-state index in [0.29, 0.717) is 22.3 Å². The fourth-order valence-corrected chi connectivity index (χ4v) is 3.07. The number of ether oxygens (including phenoxy) is 1. The smallest absolute Gasteiger partial charge is 0.311 e. The van der Waals surface area contributed by atoms with Gasteiger partial charge in [-0.1, -0.05) is 42.5 Å². The number of ketones is 1. The summed E-state index contributed by atoms with van der Waals surface area (Å²) in [5, 5.41) is 11.6. The Hall–Kier alpha value is -3.58. The molecule has 0 aromatic heterocycles. The topological polar surface area (TPSA) is 95.5 Å². The average molecular weight is 424 g/mol. The number of nitrogens with two attached hydrogens (primary N) is 1. The van der Waals surface area contributed by atoms with Crippen LogP contribution in [0.3, 0.4) is 0 Å². The molecule has 0 unspecified atom stereocenters. The molecule has 0 amide bonds. The van der Waals surface area contributed by atoms with Crippen LogP contribution in [0.4, 0.5) is 10.1 Å². The van der Waals surface area contributed by atoms with E-state index in [9.17, 15) is 19.3 Å². The number of nitro benzene ring substituents is 1. The molecule has 0 aliphatic carbocycles. The van der Waals surface area contributed by atoms with Gasteiger partial charge < -0.3 is 10.5 Å². The second kappa shape index (κ2) is 11.0. The van der Waals surface area contributed by atoms with Crippen LogP contribution in [-0.2, 0) is 6.42 Å². The first-order chi connectivity index (χ1) is 14.9. The van der Waals surface area contributed by atoms with Gasteiger partial charge in [0.25, 0.3) is 0 Å². The van der Waals surface area contributed by atoms with Crippen molar-refractivity contribution in [1.82, 2.24) is 0 Å². The third-order valence-electron chi connectivity index (χ3n) is 4.36. The molecule has 0 heterocycles. The average Bonchev–Trinajstić information content (AvgIpc) is 2.77. The highest BCUT2D eigenvalue weighted by atomic mass is 19.1. The van der Waals surface area contributed by atoms with Gasteiger partial charge in [-0.05, 0) is 44.7 Å². The first kappa shape index (κ1) is 23.7. The lowest BCUT2D eigenvalue weighted by molar-refractivity contribution is -0.386. The first-order valence-electron chi connectivity index (χ1n) is 9.75. The van der Waals surface area contributed by atoms with Gasteiger partial charge in [0.1, 0.15) is 5.82 Å². The van der Waals surface area contributed by atoms with E-state index in [2.05, 4.69) is 5.73 Å². The van der Waals surface area contributed by atoms with E-state index >= 15 is 0 Å². The maximum atomic E-state index is 13.3. The van der Waals surface area contributed by atoms with Crippen LogP contribution < -0.4 is 10.5 Å². The summed E-state index contributed by atoms with van der Waals surface area (Å²) < 4.78 is 19.1. The highest BCUT2D eigenvalue weighted by molar-refractivity contribution is 6.10. The third-order valence-corrected chi connectivity index (χ3v) is 4.36. The van der Waals surface area contributed by atoms with E-state index in [0.717, 1.165) is 0 Å². The van der Waals surface area contributed by atoms with Gasteiger partial charge >= 0.3 is 5.69 Å². The SMILES string of the molecule is CC(C)Oc1c([N+](=O)[O-])ccc(C(=O)c2ccccc2)c1Cc1ccc(F)cc1.CN. The Morgan fingerprint density at radius 2 is 1.65 bits per heavy atom. The molecule has 0 saturated carbocycles. The van der Waals surface area contributed by atoms with Gasteiger partial charge in [-0.25, -0.2) is 4.39 Å².